The van der Waals surface area contributed by atoms with Crippen LogP contribution in [0.1, 0.15) is 19.4 Å². The van der Waals surface area contributed by atoms with Gasteiger partial charge in [-0.1, -0.05) is 32.0 Å². The molecule has 0 amide bonds. The van der Waals surface area contributed by atoms with Gasteiger partial charge in [0.1, 0.15) is 0 Å². The molecule has 2 heterocycles. The van der Waals surface area contributed by atoms with Gasteiger partial charge in [0.15, 0.2) is 0 Å². The van der Waals surface area contributed by atoms with Crippen molar-refractivity contribution in [2.75, 3.05) is 0 Å². The predicted molar refractivity (Wildman–Crippen MR) is 86.9 cm³/mol. The summed E-state index contributed by atoms with van der Waals surface area (Å²) >= 11 is 0. The summed E-state index contributed by atoms with van der Waals surface area (Å²) in [6, 6.07) is 13.0. The van der Waals surface area contributed by atoms with Crippen LogP contribution >= 0.6 is 0 Å². The number of aromatic nitrogens is 2. The molecule has 0 radical (unpaired) electrons. The number of pyridine rings is 2. The van der Waals surface area contributed by atoms with Crippen LogP contribution in [-0.4, -0.2) is 16.0 Å². The third kappa shape index (κ3) is 3.09. The normalized spacial score (nSPS) is 11.2. The SMILES string of the molecule is CC(C)NCc1cncc(-c2cccc3ncccc23)c1. The predicted octanol–water partition coefficient (Wildman–Crippen LogP) is 3.79. The van der Waals surface area contributed by atoms with Crippen molar-refractivity contribution in [3.8, 4) is 11.1 Å². The summed E-state index contributed by atoms with van der Waals surface area (Å²) in [5, 5.41) is 4.59. The molecule has 0 aliphatic rings. The summed E-state index contributed by atoms with van der Waals surface area (Å²) < 4.78 is 0. The molecule has 0 saturated heterocycles. The molecule has 0 unspecified atom stereocenters. The van der Waals surface area contributed by atoms with Crippen LogP contribution in [0.2, 0.25) is 0 Å². The molecule has 0 saturated carbocycles. The Kier molecular flexibility index (Phi) is 3.93. The van der Waals surface area contributed by atoms with Gasteiger partial charge in [-0.2, -0.15) is 0 Å². The van der Waals surface area contributed by atoms with E-state index in [9.17, 15) is 0 Å². The zero-order chi connectivity index (χ0) is 14.7. The van der Waals surface area contributed by atoms with Gasteiger partial charge < -0.3 is 5.32 Å². The van der Waals surface area contributed by atoms with Crippen LogP contribution in [0.3, 0.4) is 0 Å². The molecule has 0 aliphatic carbocycles. The fraction of sp³-hybridized carbons (Fsp3) is 0.222. The Hall–Kier alpha value is -2.26. The lowest BCUT2D eigenvalue weighted by atomic mass is 10.0. The van der Waals surface area contributed by atoms with Gasteiger partial charge in [-0.25, -0.2) is 0 Å². The van der Waals surface area contributed by atoms with E-state index >= 15 is 0 Å². The fourth-order valence-electron chi connectivity index (χ4n) is 2.41. The smallest absolute Gasteiger partial charge is 0.0708 e. The average Bonchev–Trinajstić information content (AvgIpc) is 2.52. The molecule has 3 rings (SSSR count). The van der Waals surface area contributed by atoms with Crippen molar-refractivity contribution in [3.05, 3.63) is 60.6 Å². The maximum absolute atomic E-state index is 4.42. The molecule has 0 fully saturated rings. The van der Waals surface area contributed by atoms with E-state index in [2.05, 4.69) is 47.3 Å². The lowest BCUT2D eigenvalue weighted by Crippen LogP contribution is -2.21. The Morgan fingerprint density at radius 3 is 2.86 bits per heavy atom. The van der Waals surface area contributed by atoms with Gasteiger partial charge in [-0.05, 0) is 29.3 Å². The molecule has 2 aromatic heterocycles. The zero-order valence-electron chi connectivity index (χ0n) is 12.4. The van der Waals surface area contributed by atoms with Crippen LogP contribution in [0.5, 0.6) is 0 Å². The Labute approximate surface area is 125 Å². The lowest BCUT2D eigenvalue weighted by molar-refractivity contribution is 0.588. The molecule has 0 aliphatic heterocycles. The van der Waals surface area contributed by atoms with Gasteiger partial charge in [0.2, 0.25) is 0 Å². The zero-order valence-corrected chi connectivity index (χ0v) is 12.4. The van der Waals surface area contributed by atoms with E-state index in [1.807, 2.05) is 36.8 Å². The third-order valence-electron chi connectivity index (χ3n) is 3.47. The highest BCUT2D eigenvalue weighted by atomic mass is 14.9. The van der Waals surface area contributed by atoms with Crippen LogP contribution in [0.15, 0.2) is 55.0 Å². The van der Waals surface area contributed by atoms with Crippen molar-refractivity contribution in [3.63, 3.8) is 0 Å². The van der Waals surface area contributed by atoms with E-state index in [1.54, 1.807) is 0 Å². The Balaban J connectivity index is 2.01. The van der Waals surface area contributed by atoms with Crippen molar-refractivity contribution >= 4 is 10.9 Å². The highest BCUT2D eigenvalue weighted by Crippen LogP contribution is 2.27. The number of hydrogen-bond acceptors (Lipinski definition) is 3. The largest absolute Gasteiger partial charge is 0.310 e. The molecule has 3 heteroatoms. The second-order valence-electron chi connectivity index (χ2n) is 5.49. The summed E-state index contributed by atoms with van der Waals surface area (Å²) in [6.45, 7) is 5.13. The van der Waals surface area contributed by atoms with Crippen molar-refractivity contribution in [1.82, 2.24) is 15.3 Å². The summed E-state index contributed by atoms with van der Waals surface area (Å²) in [5.41, 5.74) is 4.53. The molecule has 1 aromatic carbocycles. The van der Waals surface area contributed by atoms with Crippen LogP contribution < -0.4 is 5.32 Å². The van der Waals surface area contributed by atoms with Crippen LogP contribution in [0.4, 0.5) is 0 Å². The maximum Gasteiger partial charge on any atom is 0.0708 e. The maximum atomic E-state index is 4.42. The molecule has 0 atom stereocenters. The van der Waals surface area contributed by atoms with Gasteiger partial charge in [-0.15, -0.1) is 0 Å². The molecule has 21 heavy (non-hydrogen) atoms. The topological polar surface area (TPSA) is 37.8 Å². The number of hydrogen-bond donors (Lipinski definition) is 1. The van der Waals surface area contributed by atoms with Crippen LogP contribution in [-0.2, 0) is 6.54 Å². The van der Waals surface area contributed by atoms with E-state index in [0.717, 1.165) is 23.0 Å². The summed E-state index contributed by atoms with van der Waals surface area (Å²) in [5.74, 6) is 0. The molecule has 3 aromatic rings. The highest BCUT2D eigenvalue weighted by molar-refractivity contribution is 5.94. The number of rotatable bonds is 4. The Bertz CT molecular complexity index is 745. The van der Waals surface area contributed by atoms with E-state index in [1.165, 1.54) is 11.1 Å². The quantitative estimate of drug-likeness (QED) is 0.788. The molecular weight excluding hydrogens is 258 g/mol. The fourth-order valence-corrected chi connectivity index (χ4v) is 2.41. The lowest BCUT2D eigenvalue weighted by Gasteiger charge is -2.10. The Morgan fingerprint density at radius 1 is 1.10 bits per heavy atom. The third-order valence-corrected chi connectivity index (χ3v) is 3.47. The first kappa shape index (κ1) is 13.7. The minimum atomic E-state index is 0.468. The Morgan fingerprint density at radius 2 is 2.00 bits per heavy atom. The molecule has 0 spiro atoms. The highest BCUT2D eigenvalue weighted by Gasteiger charge is 2.05. The first-order valence-corrected chi connectivity index (χ1v) is 7.25. The number of benzene rings is 1. The summed E-state index contributed by atoms with van der Waals surface area (Å²) in [6.07, 6.45) is 5.66. The van der Waals surface area contributed by atoms with Crippen molar-refractivity contribution < 1.29 is 0 Å². The van der Waals surface area contributed by atoms with E-state index in [4.69, 9.17) is 0 Å². The van der Waals surface area contributed by atoms with Crippen molar-refractivity contribution in [1.29, 1.82) is 0 Å². The van der Waals surface area contributed by atoms with Gasteiger partial charge in [0.25, 0.3) is 0 Å². The second kappa shape index (κ2) is 6.02. The molecule has 0 bridgehead atoms. The summed E-state index contributed by atoms with van der Waals surface area (Å²) in [4.78, 5) is 8.80. The molecule has 1 N–H and O–H groups in total. The number of nitrogens with one attached hydrogen (secondary N) is 1. The van der Waals surface area contributed by atoms with E-state index < -0.39 is 0 Å². The van der Waals surface area contributed by atoms with Crippen molar-refractivity contribution in [2.45, 2.75) is 26.4 Å². The second-order valence-corrected chi connectivity index (χ2v) is 5.49. The minimum Gasteiger partial charge on any atom is -0.310 e. The van der Waals surface area contributed by atoms with Crippen LogP contribution in [0.25, 0.3) is 22.0 Å². The van der Waals surface area contributed by atoms with E-state index in [-0.39, 0.29) is 0 Å². The van der Waals surface area contributed by atoms with Gasteiger partial charge in [0.05, 0.1) is 5.52 Å². The minimum absolute atomic E-state index is 0.468. The van der Waals surface area contributed by atoms with Gasteiger partial charge in [-0.3, -0.25) is 9.97 Å². The molecular formula is C18H19N3. The first-order chi connectivity index (χ1) is 10.2. The van der Waals surface area contributed by atoms with Gasteiger partial charge >= 0.3 is 0 Å². The average molecular weight is 277 g/mol. The summed E-state index contributed by atoms with van der Waals surface area (Å²) in [7, 11) is 0. The first-order valence-electron chi connectivity index (χ1n) is 7.25. The van der Waals surface area contributed by atoms with E-state index in [0.29, 0.717) is 6.04 Å². The monoisotopic (exact) mass is 277 g/mol. The number of fused-ring (bicyclic) bond motifs is 1. The standard InChI is InChI=1S/C18H19N3/c1-13(2)21-11-14-9-15(12-19-10-14)16-5-3-7-18-17(16)6-4-8-20-18/h3-10,12-13,21H,11H2,1-2H3. The molecule has 3 nitrogen and oxygen atoms in total. The molecule has 106 valence electrons. The van der Waals surface area contributed by atoms with Crippen LogP contribution in [0, 0.1) is 0 Å². The van der Waals surface area contributed by atoms with Crippen molar-refractivity contribution in [2.24, 2.45) is 0 Å². The number of nitrogens with zero attached hydrogens (tertiary/aromatic N) is 2. The van der Waals surface area contributed by atoms with Gasteiger partial charge in [0, 0.05) is 42.1 Å².